The van der Waals surface area contributed by atoms with Gasteiger partial charge in [-0.25, -0.2) is 9.97 Å². The fraction of sp³-hybridized carbons (Fsp3) is 0.583. The number of unbranched alkanes of at least 4 members (excludes halogenated alkanes) is 1. The van der Waals surface area contributed by atoms with Crippen LogP contribution in [0.3, 0.4) is 0 Å². The molecule has 1 aromatic rings. The third kappa shape index (κ3) is 4.65. The van der Waals surface area contributed by atoms with Gasteiger partial charge in [-0.1, -0.05) is 26.7 Å². The topological polar surface area (TPSA) is 54.9 Å². The third-order valence-electron chi connectivity index (χ3n) is 2.71. The smallest absolute Gasteiger partial charge is 0.228 e. The van der Waals surface area contributed by atoms with Gasteiger partial charge in [0.15, 0.2) is 5.82 Å². The van der Waals surface area contributed by atoms with E-state index >= 15 is 0 Å². The summed E-state index contributed by atoms with van der Waals surface area (Å²) in [5.41, 5.74) is 0. The van der Waals surface area contributed by atoms with Gasteiger partial charge in [-0.3, -0.25) is 4.79 Å². The van der Waals surface area contributed by atoms with Crippen molar-refractivity contribution >= 4 is 43.6 Å². The molecule has 0 saturated carbocycles. The van der Waals surface area contributed by atoms with Crippen molar-refractivity contribution in [3.05, 3.63) is 15.4 Å². The molecular weight excluding hydrogens is 362 g/mol. The molecular formula is C12H17Br2N3O. The highest BCUT2D eigenvalue weighted by molar-refractivity contribution is 9.11. The summed E-state index contributed by atoms with van der Waals surface area (Å²) >= 11 is 6.50. The second-order valence-corrected chi connectivity index (χ2v) is 5.63. The second-order valence-electron chi connectivity index (χ2n) is 4.07. The van der Waals surface area contributed by atoms with E-state index in [-0.39, 0.29) is 11.8 Å². The first kappa shape index (κ1) is 15.6. The van der Waals surface area contributed by atoms with Crippen LogP contribution >= 0.6 is 31.9 Å². The van der Waals surface area contributed by atoms with Crippen LogP contribution in [0.5, 0.6) is 0 Å². The zero-order chi connectivity index (χ0) is 13.5. The molecule has 1 N–H and O–H groups in total. The Kier molecular flexibility index (Phi) is 6.78. The van der Waals surface area contributed by atoms with Gasteiger partial charge >= 0.3 is 0 Å². The van der Waals surface area contributed by atoms with Crippen LogP contribution in [0, 0.1) is 5.92 Å². The molecule has 0 fully saturated rings. The highest BCUT2D eigenvalue weighted by Crippen LogP contribution is 2.21. The van der Waals surface area contributed by atoms with E-state index in [4.69, 9.17) is 0 Å². The zero-order valence-corrected chi connectivity index (χ0v) is 13.7. The molecule has 1 heterocycles. The average molecular weight is 379 g/mol. The second kappa shape index (κ2) is 7.84. The number of carbonyl (C=O) groups is 1. The molecule has 1 amide bonds. The fourth-order valence-electron chi connectivity index (χ4n) is 1.62. The summed E-state index contributed by atoms with van der Waals surface area (Å²) in [4.78, 5) is 20.3. The number of halogens is 2. The molecule has 0 aliphatic heterocycles. The highest BCUT2D eigenvalue weighted by atomic mass is 79.9. The monoisotopic (exact) mass is 377 g/mol. The number of amides is 1. The Morgan fingerprint density at radius 1 is 1.44 bits per heavy atom. The van der Waals surface area contributed by atoms with E-state index in [0.717, 1.165) is 25.7 Å². The lowest BCUT2D eigenvalue weighted by Gasteiger charge is -2.14. The summed E-state index contributed by atoms with van der Waals surface area (Å²) in [6.45, 7) is 4.16. The quantitative estimate of drug-likeness (QED) is 0.808. The van der Waals surface area contributed by atoms with E-state index < -0.39 is 0 Å². The van der Waals surface area contributed by atoms with Gasteiger partial charge in [0.1, 0.15) is 9.21 Å². The molecule has 0 aliphatic carbocycles. The largest absolute Gasteiger partial charge is 0.308 e. The lowest BCUT2D eigenvalue weighted by Crippen LogP contribution is -2.23. The minimum absolute atomic E-state index is 0.0169. The van der Waals surface area contributed by atoms with Crippen LogP contribution in [0.4, 0.5) is 5.82 Å². The lowest BCUT2D eigenvalue weighted by molar-refractivity contribution is -0.120. The van der Waals surface area contributed by atoms with Crippen molar-refractivity contribution in [3.63, 3.8) is 0 Å². The van der Waals surface area contributed by atoms with E-state index in [0.29, 0.717) is 15.0 Å². The summed E-state index contributed by atoms with van der Waals surface area (Å²) in [7, 11) is 0. The van der Waals surface area contributed by atoms with E-state index in [1.807, 2.05) is 6.92 Å². The SMILES string of the molecule is CCCCC(CC)C(=O)Nc1ncc(Br)nc1Br. The molecule has 0 bridgehead atoms. The molecule has 0 aliphatic rings. The molecule has 18 heavy (non-hydrogen) atoms. The number of hydrogen-bond acceptors (Lipinski definition) is 3. The van der Waals surface area contributed by atoms with Crippen LogP contribution in [0.1, 0.15) is 39.5 Å². The van der Waals surface area contributed by atoms with Crippen molar-refractivity contribution in [1.29, 1.82) is 0 Å². The maximum atomic E-state index is 12.1. The molecule has 0 radical (unpaired) electrons. The summed E-state index contributed by atoms with van der Waals surface area (Å²) in [6, 6.07) is 0. The Balaban J connectivity index is 2.67. The zero-order valence-electron chi connectivity index (χ0n) is 10.5. The van der Waals surface area contributed by atoms with Crippen LogP contribution in [0.2, 0.25) is 0 Å². The highest BCUT2D eigenvalue weighted by Gasteiger charge is 2.17. The van der Waals surface area contributed by atoms with Crippen LogP contribution in [-0.4, -0.2) is 15.9 Å². The number of nitrogens with one attached hydrogen (secondary N) is 1. The molecule has 1 atom stereocenters. The molecule has 0 spiro atoms. The standard InChI is InChI=1S/C12H17Br2N3O/c1-3-5-6-8(4-2)12(18)17-11-10(14)16-9(13)7-15-11/h7-8H,3-6H2,1-2H3,(H,15,17,18). The van der Waals surface area contributed by atoms with Gasteiger partial charge in [0, 0.05) is 5.92 Å². The molecule has 6 heteroatoms. The predicted octanol–water partition coefficient (Wildman–Crippen LogP) is 4.16. The summed E-state index contributed by atoms with van der Waals surface area (Å²) in [6.07, 6.45) is 5.49. The molecule has 1 unspecified atom stereocenters. The van der Waals surface area contributed by atoms with Gasteiger partial charge < -0.3 is 5.32 Å². The number of hydrogen-bond donors (Lipinski definition) is 1. The number of carbonyl (C=O) groups excluding carboxylic acids is 1. The van der Waals surface area contributed by atoms with Gasteiger partial charge in [0.05, 0.1) is 6.20 Å². The van der Waals surface area contributed by atoms with Crippen LogP contribution < -0.4 is 5.32 Å². The van der Waals surface area contributed by atoms with E-state index in [9.17, 15) is 4.79 Å². The van der Waals surface area contributed by atoms with Crippen molar-refractivity contribution in [1.82, 2.24) is 9.97 Å². The third-order valence-corrected chi connectivity index (χ3v) is 3.65. The van der Waals surface area contributed by atoms with Crippen LogP contribution in [0.15, 0.2) is 15.4 Å². The Morgan fingerprint density at radius 2 is 2.17 bits per heavy atom. The lowest BCUT2D eigenvalue weighted by atomic mass is 9.98. The predicted molar refractivity (Wildman–Crippen MR) is 79.4 cm³/mol. The maximum absolute atomic E-state index is 12.1. The van der Waals surface area contributed by atoms with Crippen molar-refractivity contribution < 1.29 is 4.79 Å². The Bertz CT molecular complexity index is 412. The average Bonchev–Trinajstić information content (AvgIpc) is 2.34. The number of aromatic nitrogens is 2. The van der Waals surface area contributed by atoms with Gasteiger partial charge in [0.2, 0.25) is 5.91 Å². The first-order valence-electron chi connectivity index (χ1n) is 6.07. The van der Waals surface area contributed by atoms with Crippen LogP contribution in [0.25, 0.3) is 0 Å². The summed E-state index contributed by atoms with van der Waals surface area (Å²) < 4.78 is 1.17. The first-order chi connectivity index (χ1) is 8.58. The van der Waals surface area contributed by atoms with Crippen molar-refractivity contribution in [2.45, 2.75) is 39.5 Å². The minimum atomic E-state index is 0.0169. The summed E-state index contributed by atoms with van der Waals surface area (Å²) in [5, 5.41) is 2.82. The molecule has 0 aromatic carbocycles. The van der Waals surface area contributed by atoms with Gasteiger partial charge in [0.25, 0.3) is 0 Å². The number of rotatable bonds is 6. The van der Waals surface area contributed by atoms with Gasteiger partial charge in [-0.15, -0.1) is 0 Å². The normalized spacial score (nSPS) is 12.2. The maximum Gasteiger partial charge on any atom is 0.228 e. The Hall–Kier alpha value is -0.490. The van der Waals surface area contributed by atoms with Crippen molar-refractivity contribution in [2.75, 3.05) is 5.32 Å². The summed E-state index contributed by atoms with van der Waals surface area (Å²) in [5.74, 6) is 0.531. The van der Waals surface area contributed by atoms with Crippen molar-refractivity contribution in [2.24, 2.45) is 5.92 Å². The number of nitrogens with zero attached hydrogens (tertiary/aromatic N) is 2. The Morgan fingerprint density at radius 3 is 2.72 bits per heavy atom. The van der Waals surface area contributed by atoms with Gasteiger partial charge in [-0.05, 0) is 44.7 Å². The van der Waals surface area contributed by atoms with Crippen molar-refractivity contribution in [3.8, 4) is 0 Å². The van der Waals surface area contributed by atoms with Crippen LogP contribution in [-0.2, 0) is 4.79 Å². The molecule has 1 rings (SSSR count). The minimum Gasteiger partial charge on any atom is -0.308 e. The molecule has 1 aromatic heterocycles. The van der Waals surface area contributed by atoms with E-state index in [2.05, 4.69) is 54.1 Å². The van der Waals surface area contributed by atoms with E-state index in [1.54, 1.807) is 6.20 Å². The molecule has 0 saturated heterocycles. The molecule has 100 valence electrons. The van der Waals surface area contributed by atoms with E-state index in [1.165, 1.54) is 0 Å². The van der Waals surface area contributed by atoms with Gasteiger partial charge in [-0.2, -0.15) is 0 Å². The first-order valence-corrected chi connectivity index (χ1v) is 7.66. The molecule has 4 nitrogen and oxygen atoms in total. The fourth-order valence-corrected chi connectivity index (χ4v) is 2.53. The number of anilines is 1. The Labute approximate surface area is 124 Å².